The number of nitrogens with one attached hydrogen (secondary N) is 1. The van der Waals surface area contributed by atoms with E-state index in [2.05, 4.69) is 10.3 Å². The van der Waals surface area contributed by atoms with Crippen LogP contribution >= 0.6 is 0 Å². The zero-order valence-electron chi connectivity index (χ0n) is 12.6. The molecule has 8 heteroatoms. The fraction of sp³-hybridized carbons (Fsp3) is 0.250. The van der Waals surface area contributed by atoms with Crippen molar-refractivity contribution in [1.82, 2.24) is 9.88 Å². The van der Waals surface area contributed by atoms with Crippen LogP contribution in [0.2, 0.25) is 0 Å². The number of urea groups is 1. The lowest BCUT2D eigenvalue weighted by Gasteiger charge is -2.22. The number of nitrogens with zero attached hydrogens (tertiary/aromatic N) is 2. The molecule has 0 unspecified atom stereocenters. The van der Waals surface area contributed by atoms with Gasteiger partial charge in [0.15, 0.2) is 0 Å². The van der Waals surface area contributed by atoms with Gasteiger partial charge in [0.25, 0.3) is 0 Å². The van der Waals surface area contributed by atoms with Gasteiger partial charge in [0, 0.05) is 13.1 Å². The van der Waals surface area contributed by atoms with Crippen molar-refractivity contribution >= 4 is 11.7 Å². The van der Waals surface area contributed by atoms with Gasteiger partial charge in [-0.1, -0.05) is 30.3 Å². The Morgan fingerprint density at radius 1 is 1.17 bits per heavy atom. The molecule has 2 aromatic rings. The van der Waals surface area contributed by atoms with Gasteiger partial charge in [0.2, 0.25) is 0 Å². The number of amides is 2. The van der Waals surface area contributed by atoms with Crippen LogP contribution in [0.5, 0.6) is 0 Å². The quantitative estimate of drug-likeness (QED) is 0.880. The van der Waals surface area contributed by atoms with Crippen molar-refractivity contribution in [1.29, 1.82) is 0 Å². The molecule has 0 saturated heterocycles. The number of benzene rings is 1. The van der Waals surface area contributed by atoms with E-state index in [1.165, 1.54) is 4.90 Å². The largest absolute Gasteiger partial charge is 0.433 e. The number of halogens is 3. The SMILES string of the molecule is O=C(Nc1ccc(C(F)(F)F)nc1)N(CCO)Cc1ccccc1. The summed E-state index contributed by atoms with van der Waals surface area (Å²) < 4.78 is 37.4. The van der Waals surface area contributed by atoms with E-state index in [-0.39, 0.29) is 25.4 Å². The highest BCUT2D eigenvalue weighted by atomic mass is 19.4. The van der Waals surface area contributed by atoms with Crippen molar-refractivity contribution in [3.05, 3.63) is 59.9 Å². The molecule has 0 aliphatic carbocycles. The molecule has 0 atom stereocenters. The van der Waals surface area contributed by atoms with Crippen LogP contribution in [0.3, 0.4) is 0 Å². The van der Waals surface area contributed by atoms with E-state index in [1.807, 2.05) is 30.3 Å². The van der Waals surface area contributed by atoms with E-state index in [0.29, 0.717) is 0 Å². The van der Waals surface area contributed by atoms with E-state index >= 15 is 0 Å². The van der Waals surface area contributed by atoms with Gasteiger partial charge in [-0.3, -0.25) is 0 Å². The molecule has 0 fully saturated rings. The number of aliphatic hydroxyl groups excluding tert-OH is 1. The van der Waals surface area contributed by atoms with Crippen LogP contribution in [-0.4, -0.2) is 34.2 Å². The van der Waals surface area contributed by atoms with Crippen LogP contribution in [-0.2, 0) is 12.7 Å². The predicted molar refractivity (Wildman–Crippen MR) is 82.2 cm³/mol. The summed E-state index contributed by atoms with van der Waals surface area (Å²) in [5.41, 5.74) is -0.0207. The van der Waals surface area contributed by atoms with Crippen molar-refractivity contribution in [2.45, 2.75) is 12.7 Å². The number of aromatic nitrogens is 1. The maximum Gasteiger partial charge on any atom is 0.433 e. The van der Waals surface area contributed by atoms with Gasteiger partial charge in [0.1, 0.15) is 5.69 Å². The number of pyridine rings is 1. The van der Waals surface area contributed by atoms with Gasteiger partial charge < -0.3 is 15.3 Å². The van der Waals surface area contributed by atoms with E-state index in [4.69, 9.17) is 5.11 Å². The minimum Gasteiger partial charge on any atom is -0.395 e. The molecule has 128 valence electrons. The van der Waals surface area contributed by atoms with Crippen LogP contribution in [0, 0.1) is 0 Å². The minimum atomic E-state index is -4.53. The Kier molecular flexibility index (Phi) is 5.75. The van der Waals surface area contributed by atoms with Gasteiger partial charge >= 0.3 is 12.2 Å². The fourth-order valence-corrected chi connectivity index (χ4v) is 2.01. The summed E-state index contributed by atoms with van der Waals surface area (Å²) in [5.74, 6) is 0. The van der Waals surface area contributed by atoms with Gasteiger partial charge in [0.05, 0.1) is 18.5 Å². The van der Waals surface area contributed by atoms with Gasteiger partial charge in [-0.2, -0.15) is 13.2 Å². The Labute approximate surface area is 136 Å². The van der Waals surface area contributed by atoms with Gasteiger partial charge in [-0.15, -0.1) is 0 Å². The lowest BCUT2D eigenvalue weighted by atomic mass is 10.2. The van der Waals surface area contributed by atoms with Crippen molar-refractivity contribution in [3.63, 3.8) is 0 Å². The number of alkyl halides is 3. The monoisotopic (exact) mass is 339 g/mol. The maximum atomic E-state index is 12.5. The van der Waals surface area contributed by atoms with Crippen molar-refractivity contribution in [2.75, 3.05) is 18.5 Å². The number of rotatable bonds is 5. The first-order chi connectivity index (χ1) is 11.4. The van der Waals surface area contributed by atoms with E-state index in [9.17, 15) is 18.0 Å². The standard InChI is InChI=1S/C16H16F3N3O2/c17-16(18,19)14-7-6-13(10-20-14)21-15(24)22(8-9-23)11-12-4-2-1-3-5-12/h1-7,10,23H,8-9,11H2,(H,21,24). The molecule has 0 aliphatic heterocycles. The minimum absolute atomic E-state index is 0.0921. The van der Waals surface area contributed by atoms with Crippen molar-refractivity contribution in [2.24, 2.45) is 0 Å². The second-order valence-electron chi connectivity index (χ2n) is 4.99. The van der Waals surface area contributed by atoms with Crippen LogP contribution in [0.1, 0.15) is 11.3 Å². The van der Waals surface area contributed by atoms with Gasteiger partial charge in [-0.25, -0.2) is 9.78 Å². The topological polar surface area (TPSA) is 65.5 Å². The number of aliphatic hydroxyl groups is 1. The molecular weight excluding hydrogens is 323 g/mol. The Balaban J connectivity index is 2.04. The molecule has 2 amide bonds. The third-order valence-electron chi connectivity index (χ3n) is 3.18. The summed E-state index contributed by atoms with van der Waals surface area (Å²) in [7, 11) is 0. The summed E-state index contributed by atoms with van der Waals surface area (Å²) >= 11 is 0. The molecule has 0 bridgehead atoms. The first-order valence-corrected chi connectivity index (χ1v) is 7.14. The van der Waals surface area contributed by atoms with E-state index < -0.39 is 17.9 Å². The molecule has 1 heterocycles. The Morgan fingerprint density at radius 3 is 2.42 bits per heavy atom. The van der Waals surface area contributed by atoms with E-state index in [1.54, 1.807) is 0 Å². The second kappa shape index (κ2) is 7.78. The first-order valence-electron chi connectivity index (χ1n) is 7.14. The number of hydrogen-bond acceptors (Lipinski definition) is 3. The summed E-state index contributed by atoms with van der Waals surface area (Å²) in [6.07, 6.45) is -3.58. The summed E-state index contributed by atoms with van der Waals surface area (Å²) in [6.45, 7) is 0.127. The lowest BCUT2D eigenvalue weighted by molar-refractivity contribution is -0.141. The summed E-state index contributed by atoms with van der Waals surface area (Å²) in [4.78, 5) is 16.9. The number of anilines is 1. The molecule has 1 aromatic carbocycles. The van der Waals surface area contributed by atoms with Crippen molar-refractivity contribution in [3.8, 4) is 0 Å². The third kappa shape index (κ3) is 4.95. The maximum absolute atomic E-state index is 12.5. The average molecular weight is 339 g/mol. The molecular formula is C16H16F3N3O2. The molecule has 2 rings (SSSR count). The number of carbonyl (C=O) groups is 1. The Bertz CT molecular complexity index is 661. The zero-order chi connectivity index (χ0) is 17.6. The highest BCUT2D eigenvalue weighted by Crippen LogP contribution is 2.27. The zero-order valence-corrected chi connectivity index (χ0v) is 12.6. The average Bonchev–Trinajstić information content (AvgIpc) is 2.55. The second-order valence-corrected chi connectivity index (χ2v) is 4.99. The molecule has 0 radical (unpaired) electrons. The molecule has 24 heavy (non-hydrogen) atoms. The Morgan fingerprint density at radius 2 is 1.88 bits per heavy atom. The van der Waals surface area contributed by atoms with Crippen LogP contribution in [0.15, 0.2) is 48.7 Å². The van der Waals surface area contributed by atoms with E-state index in [0.717, 1.165) is 23.9 Å². The third-order valence-corrected chi connectivity index (χ3v) is 3.18. The highest BCUT2D eigenvalue weighted by Gasteiger charge is 2.32. The van der Waals surface area contributed by atoms with Crippen LogP contribution in [0.25, 0.3) is 0 Å². The number of carbonyl (C=O) groups excluding carboxylic acids is 1. The molecule has 1 aromatic heterocycles. The van der Waals surface area contributed by atoms with Crippen LogP contribution in [0.4, 0.5) is 23.7 Å². The smallest absolute Gasteiger partial charge is 0.395 e. The molecule has 0 aliphatic rings. The number of hydrogen-bond donors (Lipinski definition) is 2. The van der Waals surface area contributed by atoms with Crippen LogP contribution < -0.4 is 5.32 Å². The molecule has 0 spiro atoms. The molecule has 5 nitrogen and oxygen atoms in total. The highest BCUT2D eigenvalue weighted by molar-refractivity contribution is 5.89. The summed E-state index contributed by atoms with van der Waals surface area (Å²) in [6, 6.07) is 10.5. The predicted octanol–water partition coefficient (Wildman–Crippen LogP) is 3.13. The Hall–Kier alpha value is -2.61. The fourth-order valence-electron chi connectivity index (χ4n) is 2.01. The van der Waals surface area contributed by atoms with Crippen molar-refractivity contribution < 1.29 is 23.1 Å². The normalized spacial score (nSPS) is 11.2. The lowest BCUT2D eigenvalue weighted by Crippen LogP contribution is -2.36. The molecule has 0 saturated carbocycles. The van der Waals surface area contributed by atoms with Gasteiger partial charge in [-0.05, 0) is 17.7 Å². The molecule has 2 N–H and O–H groups in total. The summed E-state index contributed by atoms with van der Waals surface area (Å²) in [5, 5.41) is 11.6. The first kappa shape index (κ1) is 17.7.